The molecule has 19 heavy (non-hydrogen) atoms. The molecule has 0 aliphatic rings. The zero-order valence-electron chi connectivity index (χ0n) is 11.5. The van der Waals surface area contributed by atoms with Crippen LogP contribution in [-0.2, 0) is 9.53 Å². The minimum absolute atomic E-state index is 0.0604. The second kappa shape index (κ2) is 6.78. The number of rotatable bonds is 6. The molecule has 0 aliphatic heterocycles. The van der Waals surface area contributed by atoms with Crippen molar-refractivity contribution in [1.29, 1.82) is 0 Å². The largest absolute Gasteiger partial charge is 0.480 e. The van der Waals surface area contributed by atoms with E-state index in [1.807, 2.05) is 32.9 Å². The summed E-state index contributed by atoms with van der Waals surface area (Å²) in [6.07, 6.45) is 0. The molecule has 0 heterocycles. The van der Waals surface area contributed by atoms with Crippen LogP contribution in [0.15, 0.2) is 24.3 Å². The number of carboxylic acid groups (broad SMARTS) is 1. The molecule has 0 aromatic heterocycles. The van der Waals surface area contributed by atoms with Gasteiger partial charge >= 0.3 is 5.97 Å². The highest BCUT2D eigenvalue weighted by molar-refractivity contribution is 6.30. The van der Waals surface area contributed by atoms with E-state index in [1.165, 1.54) is 0 Å². The van der Waals surface area contributed by atoms with Crippen molar-refractivity contribution in [1.82, 2.24) is 0 Å². The van der Waals surface area contributed by atoms with Crippen molar-refractivity contribution in [3.05, 3.63) is 29.3 Å². The predicted octanol–water partition coefficient (Wildman–Crippen LogP) is 3.05. The molecule has 5 heteroatoms. The van der Waals surface area contributed by atoms with Crippen LogP contribution in [0.25, 0.3) is 0 Å². The molecule has 106 valence electrons. The van der Waals surface area contributed by atoms with Gasteiger partial charge in [0, 0.05) is 17.3 Å². The number of benzene rings is 1. The molecule has 1 aromatic carbocycles. The van der Waals surface area contributed by atoms with E-state index >= 15 is 0 Å². The van der Waals surface area contributed by atoms with E-state index in [0.717, 1.165) is 5.69 Å². The SMILES string of the molecule is CC(C)(C)OCCN(CC(=O)O)c1ccc(Cl)cc1. The summed E-state index contributed by atoms with van der Waals surface area (Å²) in [6.45, 7) is 6.84. The lowest BCUT2D eigenvalue weighted by atomic mass is 10.2. The number of ether oxygens (including phenoxy) is 1. The summed E-state index contributed by atoms with van der Waals surface area (Å²) in [7, 11) is 0. The van der Waals surface area contributed by atoms with Crippen molar-refractivity contribution < 1.29 is 14.6 Å². The molecule has 0 unspecified atom stereocenters. The first-order chi connectivity index (χ1) is 8.78. The topological polar surface area (TPSA) is 49.8 Å². The average Bonchev–Trinajstić information content (AvgIpc) is 2.26. The normalized spacial score (nSPS) is 11.4. The Morgan fingerprint density at radius 2 is 1.89 bits per heavy atom. The third-order valence-corrected chi connectivity index (χ3v) is 2.67. The maximum absolute atomic E-state index is 10.9. The van der Waals surface area contributed by atoms with Gasteiger partial charge in [0.25, 0.3) is 0 Å². The Bertz CT molecular complexity index is 412. The number of hydrogen-bond acceptors (Lipinski definition) is 3. The van der Waals surface area contributed by atoms with E-state index in [9.17, 15) is 4.79 Å². The third-order valence-electron chi connectivity index (χ3n) is 2.41. The molecule has 0 saturated carbocycles. The Morgan fingerprint density at radius 3 is 2.37 bits per heavy atom. The summed E-state index contributed by atoms with van der Waals surface area (Å²) in [5.41, 5.74) is 0.596. The van der Waals surface area contributed by atoms with Crippen LogP contribution >= 0.6 is 11.6 Å². The van der Waals surface area contributed by atoms with Gasteiger partial charge in [0.15, 0.2) is 0 Å². The molecule has 4 nitrogen and oxygen atoms in total. The van der Waals surface area contributed by atoms with Crippen LogP contribution in [0.2, 0.25) is 5.02 Å². The van der Waals surface area contributed by atoms with Crippen LogP contribution in [0.5, 0.6) is 0 Å². The Labute approximate surface area is 118 Å². The molecule has 0 atom stereocenters. The number of nitrogens with zero attached hydrogens (tertiary/aromatic N) is 1. The first kappa shape index (κ1) is 15.8. The molecule has 0 radical (unpaired) electrons. The molecule has 0 aliphatic carbocycles. The highest BCUT2D eigenvalue weighted by Crippen LogP contribution is 2.18. The van der Waals surface area contributed by atoms with Gasteiger partial charge in [-0.15, -0.1) is 0 Å². The Morgan fingerprint density at radius 1 is 1.32 bits per heavy atom. The minimum Gasteiger partial charge on any atom is -0.480 e. The number of carbonyl (C=O) groups is 1. The van der Waals surface area contributed by atoms with Gasteiger partial charge < -0.3 is 14.7 Å². The van der Waals surface area contributed by atoms with Gasteiger partial charge in [0.1, 0.15) is 6.54 Å². The van der Waals surface area contributed by atoms with Crippen LogP contribution in [0, 0.1) is 0 Å². The maximum Gasteiger partial charge on any atom is 0.323 e. The van der Waals surface area contributed by atoms with Gasteiger partial charge in [0.2, 0.25) is 0 Å². The van der Waals surface area contributed by atoms with E-state index in [2.05, 4.69) is 0 Å². The van der Waals surface area contributed by atoms with Crippen molar-refractivity contribution in [2.45, 2.75) is 26.4 Å². The van der Waals surface area contributed by atoms with Gasteiger partial charge in [-0.25, -0.2) is 0 Å². The highest BCUT2D eigenvalue weighted by atomic mass is 35.5. The van der Waals surface area contributed by atoms with Crippen molar-refractivity contribution in [2.24, 2.45) is 0 Å². The molecule has 0 bridgehead atoms. The summed E-state index contributed by atoms with van der Waals surface area (Å²) < 4.78 is 5.63. The third kappa shape index (κ3) is 6.45. The van der Waals surface area contributed by atoms with Crippen molar-refractivity contribution in [3.63, 3.8) is 0 Å². The van der Waals surface area contributed by atoms with Crippen LogP contribution in [0.1, 0.15) is 20.8 Å². The molecule has 1 N–H and O–H groups in total. The molecular weight excluding hydrogens is 266 g/mol. The zero-order valence-corrected chi connectivity index (χ0v) is 12.3. The molecule has 0 fully saturated rings. The fourth-order valence-corrected chi connectivity index (χ4v) is 1.70. The monoisotopic (exact) mass is 285 g/mol. The second-order valence-corrected chi connectivity index (χ2v) is 5.69. The quantitative estimate of drug-likeness (QED) is 0.873. The smallest absolute Gasteiger partial charge is 0.323 e. The number of anilines is 1. The van der Waals surface area contributed by atoms with Crippen LogP contribution < -0.4 is 4.90 Å². The Kier molecular flexibility index (Phi) is 5.63. The van der Waals surface area contributed by atoms with E-state index in [4.69, 9.17) is 21.4 Å². The fraction of sp³-hybridized carbons (Fsp3) is 0.500. The summed E-state index contributed by atoms with van der Waals surface area (Å²) >= 11 is 5.83. The Hall–Kier alpha value is -1.26. The molecular formula is C14H20ClNO3. The first-order valence-corrected chi connectivity index (χ1v) is 6.52. The molecule has 0 saturated heterocycles. The van der Waals surface area contributed by atoms with Crippen molar-refractivity contribution >= 4 is 23.3 Å². The van der Waals surface area contributed by atoms with E-state index in [1.54, 1.807) is 17.0 Å². The van der Waals surface area contributed by atoms with Gasteiger partial charge in [0.05, 0.1) is 12.2 Å². The van der Waals surface area contributed by atoms with E-state index in [0.29, 0.717) is 18.2 Å². The predicted molar refractivity (Wildman–Crippen MR) is 77.0 cm³/mol. The summed E-state index contributed by atoms with van der Waals surface area (Å²) in [5, 5.41) is 9.58. The van der Waals surface area contributed by atoms with Crippen LogP contribution in [0.4, 0.5) is 5.69 Å². The van der Waals surface area contributed by atoms with E-state index < -0.39 is 5.97 Å². The number of halogens is 1. The summed E-state index contributed by atoms with van der Waals surface area (Å²) in [4.78, 5) is 12.7. The molecule has 1 aromatic rings. The van der Waals surface area contributed by atoms with Gasteiger partial charge in [-0.1, -0.05) is 11.6 Å². The lowest BCUT2D eigenvalue weighted by Crippen LogP contribution is -2.34. The number of aliphatic carboxylic acids is 1. The second-order valence-electron chi connectivity index (χ2n) is 5.25. The molecule has 1 rings (SSSR count). The van der Waals surface area contributed by atoms with Crippen molar-refractivity contribution in [2.75, 3.05) is 24.6 Å². The molecule has 0 spiro atoms. The Balaban J connectivity index is 2.66. The van der Waals surface area contributed by atoms with E-state index in [-0.39, 0.29) is 12.1 Å². The highest BCUT2D eigenvalue weighted by Gasteiger charge is 2.14. The number of hydrogen-bond donors (Lipinski definition) is 1. The van der Waals surface area contributed by atoms with Gasteiger partial charge in [-0.05, 0) is 45.0 Å². The molecule has 0 amide bonds. The summed E-state index contributed by atoms with van der Waals surface area (Å²) in [6, 6.07) is 7.11. The van der Waals surface area contributed by atoms with Crippen molar-refractivity contribution in [3.8, 4) is 0 Å². The maximum atomic E-state index is 10.9. The summed E-state index contributed by atoms with van der Waals surface area (Å²) in [5.74, 6) is -0.870. The lowest BCUT2D eigenvalue weighted by molar-refractivity contribution is -0.135. The van der Waals surface area contributed by atoms with Crippen LogP contribution in [0.3, 0.4) is 0 Å². The fourth-order valence-electron chi connectivity index (χ4n) is 1.58. The standard InChI is InChI=1S/C14H20ClNO3/c1-14(2,3)19-9-8-16(10-13(17)18)12-6-4-11(15)5-7-12/h4-7H,8-10H2,1-3H3,(H,17,18). The zero-order chi connectivity index (χ0) is 14.5. The minimum atomic E-state index is -0.870. The number of carboxylic acids is 1. The lowest BCUT2D eigenvalue weighted by Gasteiger charge is -2.26. The van der Waals surface area contributed by atoms with Gasteiger partial charge in [-0.2, -0.15) is 0 Å². The van der Waals surface area contributed by atoms with Gasteiger partial charge in [-0.3, -0.25) is 4.79 Å². The first-order valence-electron chi connectivity index (χ1n) is 6.14. The average molecular weight is 286 g/mol. The van der Waals surface area contributed by atoms with Crippen LogP contribution in [-0.4, -0.2) is 36.4 Å².